The Morgan fingerprint density at radius 1 is 0.794 bits per heavy atom. The first-order valence-corrected chi connectivity index (χ1v) is 24.3. The van der Waals surface area contributed by atoms with Gasteiger partial charge in [0.2, 0.25) is 11.8 Å². The summed E-state index contributed by atoms with van der Waals surface area (Å²) in [5.74, 6) is -0.413. The zero-order valence-corrected chi connectivity index (χ0v) is 40.5. The number of nitrogens with one attached hydrogen (secondary N) is 2. The Morgan fingerprint density at radius 2 is 1.35 bits per heavy atom. The van der Waals surface area contributed by atoms with Crippen molar-refractivity contribution < 1.29 is 19.2 Å². The number of Topliss-reactive ketones (excluding diaryl/α,β-unsaturated/α-hetero) is 1. The summed E-state index contributed by atoms with van der Waals surface area (Å²) < 4.78 is 0. The molecule has 4 rings (SSSR count). The summed E-state index contributed by atoms with van der Waals surface area (Å²) >= 11 is 0. The van der Waals surface area contributed by atoms with E-state index in [0.717, 1.165) is 76.2 Å². The van der Waals surface area contributed by atoms with Crippen LogP contribution in [0.1, 0.15) is 165 Å². The van der Waals surface area contributed by atoms with Gasteiger partial charge in [-0.25, -0.2) is 0 Å². The van der Waals surface area contributed by atoms with Crippen LogP contribution < -0.4 is 10.6 Å². The number of nitriles is 1. The maximum absolute atomic E-state index is 14.6. The van der Waals surface area contributed by atoms with Crippen LogP contribution in [0, 0.1) is 55.7 Å². The Kier molecular flexibility index (Phi) is 18.4. The number of amides is 2. The van der Waals surface area contributed by atoms with E-state index in [0.29, 0.717) is 45.2 Å². The molecule has 7 nitrogen and oxygen atoms in total. The van der Waals surface area contributed by atoms with Crippen molar-refractivity contribution in [2.45, 2.75) is 165 Å². The Morgan fingerprint density at radius 3 is 1.90 bits per heavy atom. The molecule has 0 saturated heterocycles. The van der Waals surface area contributed by atoms with Crippen LogP contribution in [0.15, 0.2) is 96.2 Å². The first-order valence-electron chi connectivity index (χ1n) is 24.3. The van der Waals surface area contributed by atoms with E-state index in [4.69, 9.17) is 0 Å². The zero-order valence-electron chi connectivity index (χ0n) is 40.5. The average molecular weight is 860 g/mol. The number of allylic oxidation sites excluding steroid dienone is 16. The monoisotopic (exact) mass is 860 g/mol. The van der Waals surface area contributed by atoms with Crippen LogP contribution >= 0.6 is 0 Å². The first-order chi connectivity index (χ1) is 29.9. The molecule has 2 N–H and O–H groups in total. The predicted molar refractivity (Wildman–Crippen MR) is 259 cm³/mol. The molecular weight excluding hydrogens is 779 g/mol. The van der Waals surface area contributed by atoms with E-state index in [-0.39, 0.29) is 57.0 Å². The number of ketones is 2. The summed E-state index contributed by atoms with van der Waals surface area (Å²) in [6.07, 6.45) is 42.8. The van der Waals surface area contributed by atoms with Crippen LogP contribution in [0.4, 0.5) is 0 Å². The topological polar surface area (TPSA) is 116 Å². The fraction of sp³-hybridized carbons (Fsp3) is 0.625. The Labute approximate surface area is 381 Å². The molecule has 344 valence electrons. The molecular formula is C56H81N3O4. The number of hydrogen-bond acceptors (Lipinski definition) is 5. The number of hydrogen-bond donors (Lipinski definition) is 2. The number of nitrogens with zero attached hydrogens (tertiary/aromatic N) is 1. The fourth-order valence-electron chi connectivity index (χ4n) is 11.3. The molecule has 0 heterocycles. The predicted octanol–water partition coefficient (Wildman–Crippen LogP) is 12.7. The van der Waals surface area contributed by atoms with Crippen LogP contribution in [0.2, 0.25) is 0 Å². The molecule has 0 spiro atoms. The Hall–Kier alpha value is -4.31. The van der Waals surface area contributed by atoms with E-state index < -0.39 is 16.2 Å². The maximum Gasteiger partial charge on any atom is 0.226 e. The lowest BCUT2D eigenvalue weighted by Gasteiger charge is -2.66. The summed E-state index contributed by atoms with van der Waals surface area (Å²) in [6, 6.07) is 2.19. The third-order valence-corrected chi connectivity index (χ3v) is 16.1. The lowest BCUT2D eigenvalue weighted by Crippen LogP contribution is -2.62. The highest BCUT2D eigenvalue weighted by atomic mass is 16.2. The van der Waals surface area contributed by atoms with Crippen LogP contribution in [0.3, 0.4) is 0 Å². The lowest BCUT2D eigenvalue weighted by atomic mass is 9.36. The van der Waals surface area contributed by atoms with Crippen LogP contribution in [0.25, 0.3) is 0 Å². The van der Waals surface area contributed by atoms with Crippen molar-refractivity contribution in [3.8, 4) is 6.07 Å². The number of fused-ring (bicyclic) bond motifs is 5. The molecule has 0 unspecified atom stereocenters. The molecule has 2 amide bonds. The average Bonchev–Trinajstić information content (AvgIpc) is 3.25. The van der Waals surface area contributed by atoms with Crippen molar-refractivity contribution in [1.82, 2.24) is 10.6 Å². The van der Waals surface area contributed by atoms with Gasteiger partial charge in [0.25, 0.3) is 0 Å². The van der Waals surface area contributed by atoms with Crippen molar-refractivity contribution in [2.75, 3.05) is 13.1 Å². The summed E-state index contributed by atoms with van der Waals surface area (Å²) in [7, 11) is 0. The van der Waals surface area contributed by atoms with Gasteiger partial charge in [-0.3, -0.25) is 19.2 Å². The number of carbonyl (C=O) groups excluding carboxylic acids is 4. The zero-order chi connectivity index (χ0) is 46.4. The minimum atomic E-state index is -0.711. The summed E-state index contributed by atoms with van der Waals surface area (Å²) in [4.78, 5) is 55.1. The molecule has 2 fully saturated rings. The van der Waals surface area contributed by atoms with Crippen molar-refractivity contribution in [1.29, 1.82) is 5.26 Å². The number of rotatable bonds is 22. The van der Waals surface area contributed by atoms with Crippen molar-refractivity contribution in [2.24, 2.45) is 44.3 Å². The largest absolute Gasteiger partial charge is 0.354 e. The van der Waals surface area contributed by atoms with Gasteiger partial charge in [-0.15, -0.1) is 0 Å². The fourth-order valence-corrected chi connectivity index (χ4v) is 11.3. The molecule has 0 aromatic carbocycles. The first kappa shape index (κ1) is 51.3. The minimum Gasteiger partial charge on any atom is -0.354 e. The molecule has 4 aliphatic rings. The van der Waals surface area contributed by atoms with E-state index >= 15 is 0 Å². The third kappa shape index (κ3) is 12.1. The van der Waals surface area contributed by atoms with E-state index in [1.165, 1.54) is 0 Å². The molecule has 0 radical (unpaired) electrons. The molecule has 4 aliphatic carbocycles. The quantitative estimate of drug-likeness (QED) is 0.0831. The summed E-state index contributed by atoms with van der Waals surface area (Å²) in [6.45, 7) is 20.2. The Balaban J connectivity index is 1.29. The molecule has 6 atom stereocenters. The molecule has 7 heteroatoms. The van der Waals surface area contributed by atoms with Gasteiger partial charge in [-0.05, 0) is 118 Å². The highest BCUT2D eigenvalue weighted by Crippen LogP contribution is 2.72. The van der Waals surface area contributed by atoms with E-state index in [1.807, 2.05) is 32.1 Å². The van der Waals surface area contributed by atoms with Crippen molar-refractivity contribution >= 4 is 23.4 Å². The SMILES string of the molecule is CC/C=C\C/C=C\C/C=C\C/C=C\C/C=C\C/C=C\CCC(=O)NCCNC(=O)[C@@]1(CCC(C)(C)CC)CC[C@]2(C)[C@@H](C1)C(=O)C=C1[C@@]3(C)C=C(C#N)C(=O)C(C)(C)[C@@H]3CC[C@]12C. The standard InChI is InChI=1S/C56H81N3O4/c1-10-12-13-14-15-16-17-18-19-20-21-22-23-24-25-26-27-28-29-30-48(61)58-37-38-59-50(63)56(35-33-51(3,4)11-2)36-34-54(8)44(41-56)45(60)39-47-53(7)40-43(42-57)49(62)52(5,6)46(53)31-32-55(47,54)9/h12-13,15-16,18-19,21-22,24-25,27-28,39-40,44,46H,10-11,14,17,20,23,26,29-38,41H2,1-9H3,(H,58,61)(H,59,63)/b13-12-,16-15-,19-18-,22-21-,25-24-,28-27-/t44-,46-,53-,54+,55+,56-/m0/s1. The second-order valence-electron chi connectivity index (χ2n) is 20.9. The van der Waals surface area contributed by atoms with Gasteiger partial charge in [-0.1, -0.05) is 153 Å². The van der Waals surface area contributed by atoms with Gasteiger partial charge < -0.3 is 10.6 Å². The molecule has 0 aromatic heterocycles. The molecule has 0 bridgehead atoms. The van der Waals surface area contributed by atoms with Gasteiger partial charge >= 0.3 is 0 Å². The number of carbonyl (C=O) groups is 4. The minimum absolute atomic E-state index is 0.0104. The second-order valence-corrected chi connectivity index (χ2v) is 20.9. The van der Waals surface area contributed by atoms with E-state index in [1.54, 1.807) is 0 Å². The third-order valence-electron chi connectivity index (χ3n) is 16.1. The molecule has 0 aromatic rings. The highest BCUT2D eigenvalue weighted by Gasteiger charge is 2.67. The highest BCUT2D eigenvalue weighted by molar-refractivity contribution is 6.04. The van der Waals surface area contributed by atoms with Crippen LogP contribution in [0.5, 0.6) is 0 Å². The smallest absolute Gasteiger partial charge is 0.226 e. The van der Waals surface area contributed by atoms with Gasteiger partial charge in [0.1, 0.15) is 6.07 Å². The van der Waals surface area contributed by atoms with Crippen LogP contribution in [-0.4, -0.2) is 36.5 Å². The summed E-state index contributed by atoms with van der Waals surface area (Å²) in [5.41, 5.74) is -1.38. The van der Waals surface area contributed by atoms with Gasteiger partial charge in [0.15, 0.2) is 11.6 Å². The van der Waals surface area contributed by atoms with E-state index in [2.05, 4.69) is 132 Å². The van der Waals surface area contributed by atoms with Gasteiger partial charge in [0.05, 0.1) is 5.57 Å². The molecule has 2 saturated carbocycles. The second kappa shape index (κ2) is 22.5. The van der Waals surface area contributed by atoms with Crippen molar-refractivity contribution in [3.63, 3.8) is 0 Å². The van der Waals surface area contributed by atoms with E-state index in [9.17, 15) is 24.4 Å². The maximum atomic E-state index is 14.6. The van der Waals surface area contributed by atoms with Gasteiger partial charge in [0, 0.05) is 41.7 Å². The van der Waals surface area contributed by atoms with Crippen molar-refractivity contribution in [3.05, 3.63) is 96.2 Å². The normalized spacial score (nSPS) is 29.6. The summed E-state index contributed by atoms with van der Waals surface area (Å²) in [5, 5.41) is 16.2. The van der Waals surface area contributed by atoms with Crippen LogP contribution in [-0.2, 0) is 19.2 Å². The van der Waals surface area contributed by atoms with Gasteiger partial charge in [-0.2, -0.15) is 5.26 Å². The molecule has 0 aliphatic heterocycles. The lowest BCUT2D eigenvalue weighted by molar-refractivity contribution is -0.154. The molecule has 63 heavy (non-hydrogen) atoms. The Bertz CT molecular complexity index is 1930.